The Morgan fingerprint density at radius 2 is 2.31 bits per heavy atom. The summed E-state index contributed by atoms with van der Waals surface area (Å²) in [7, 11) is 0. The molecule has 1 unspecified atom stereocenters. The number of halogens is 1. The van der Waals surface area contributed by atoms with Gasteiger partial charge in [0.2, 0.25) is 0 Å². The first-order chi connectivity index (χ1) is 7.79. The van der Waals surface area contributed by atoms with Crippen LogP contribution in [0.1, 0.15) is 31.9 Å². The lowest BCUT2D eigenvalue weighted by atomic mass is 10.1. The highest BCUT2D eigenvalue weighted by Crippen LogP contribution is 2.20. The summed E-state index contributed by atoms with van der Waals surface area (Å²) in [5, 5.41) is 3.37. The number of thioether (sulfide) groups is 1. The van der Waals surface area contributed by atoms with Crippen molar-refractivity contribution >= 4 is 11.8 Å². The van der Waals surface area contributed by atoms with Crippen molar-refractivity contribution in [3.8, 4) is 0 Å². The van der Waals surface area contributed by atoms with Gasteiger partial charge in [-0.15, -0.1) is 0 Å². The van der Waals surface area contributed by atoms with Crippen molar-refractivity contribution in [1.29, 1.82) is 0 Å². The standard InChI is InChI=1S/C12H19FN2S/c1-3-6-15-12(9-16-4-2)10-5-7-14-8-11(10)13/h5,7-8,12,15H,3-4,6,9H2,1-2H3. The Kier molecular flexibility index (Phi) is 6.42. The molecule has 0 aliphatic heterocycles. The quantitative estimate of drug-likeness (QED) is 0.795. The van der Waals surface area contributed by atoms with E-state index in [4.69, 9.17) is 0 Å². The topological polar surface area (TPSA) is 24.9 Å². The third-order valence-corrected chi connectivity index (χ3v) is 3.29. The summed E-state index contributed by atoms with van der Waals surface area (Å²) >= 11 is 1.82. The molecule has 0 saturated heterocycles. The van der Waals surface area contributed by atoms with E-state index in [9.17, 15) is 4.39 Å². The van der Waals surface area contributed by atoms with Gasteiger partial charge in [-0.3, -0.25) is 4.98 Å². The molecule has 4 heteroatoms. The van der Waals surface area contributed by atoms with Crippen molar-refractivity contribution in [2.45, 2.75) is 26.3 Å². The monoisotopic (exact) mass is 242 g/mol. The SMILES string of the molecule is CCCNC(CSCC)c1ccncc1F. The summed E-state index contributed by atoms with van der Waals surface area (Å²) < 4.78 is 13.6. The molecule has 0 fully saturated rings. The first-order valence-corrected chi connectivity index (χ1v) is 6.85. The zero-order chi connectivity index (χ0) is 11.8. The maximum Gasteiger partial charge on any atom is 0.146 e. The van der Waals surface area contributed by atoms with Crippen LogP contribution >= 0.6 is 11.8 Å². The van der Waals surface area contributed by atoms with Gasteiger partial charge in [-0.05, 0) is 24.8 Å². The molecule has 1 heterocycles. The Bertz CT molecular complexity index is 299. The molecule has 0 aliphatic rings. The van der Waals surface area contributed by atoms with Gasteiger partial charge >= 0.3 is 0 Å². The van der Waals surface area contributed by atoms with Crippen molar-refractivity contribution in [3.63, 3.8) is 0 Å². The molecule has 0 saturated carbocycles. The van der Waals surface area contributed by atoms with Gasteiger partial charge in [0.05, 0.1) is 6.20 Å². The molecule has 2 nitrogen and oxygen atoms in total. The van der Waals surface area contributed by atoms with Crippen LogP contribution in [0, 0.1) is 5.82 Å². The van der Waals surface area contributed by atoms with Gasteiger partial charge in [-0.25, -0.2) is 4.39 Å². The van der Waals surface area contributed by atoms with Crippen LogP contribution < -0.4 is 5.32 Å². The van der Waals surface area contributed by atoms with Gasteiger partial charge in [0.25, 0.3) is 0 Å². The van der Waals surface area contributed by atoms with Crippen LogP contribution in [0.15, 0.2) is 18.5 Å². The second-order valence-corrected chi connectivity index (χ2v) is 4.88. The number of hydrogen-bond acceptors (Lipinski definition) is 3. The number of nitrogens with one attached hydrogen (secondary N) is 1. The average molecular weight is 242 g/mol. The highest BCUT2D eigenvalue weighted by atomic mass is 32.2. The number of pyridine rings is 1. The lowest BCUT2D eigenvalue weighted by Crippen LogP contribution is -2.25. The van der Waals surface area contributed by atoms with Gasteiger partial charge in [0.1, 0.15) is 5.82 Å². The van der Waals surface area contributed by atoms with Gasteiger partial charge < -0.3 is 5.32 Å². The van der Waals surface area contributed by atoms with Crippen LogP contribution in [0.2, 0.25) is 0 Å². The molecule has 0 amide bonds. The summed E-state index contributed by atoms with van der Waals surface area (Å²) in [6.45, 7) is 5.14. The molecule has 0 bridgehead atoms. The fourth-order valence-corrected chi connectivity index (χ4v) is 2.25. The Hall–Kier alpha value is -0.610. The molecule has 90 valence electrons. The minimum atomic E-state index is -0.215. The Balaban J connectivity index is 2.70. The van der Waals surface area contributed by atoms with E-state index in [-0.39, 0.29) is 11.9 Å². The molecule has 1 aromatic heterocycles. The third kappa shape index (κ3) is 4.10. The highest BCUT2D eigenvalue weighted by Gasteiger charge is 2.14. The van der Waals surface area contributed by atoms with Gasteiger partial charge in [-0.1, -0.05) is 13.8 Å². The highest BCUT2D eigenvalue weighted by molar-refractivity contribution is 7.99. The number of hydrogen-bond donors (Lipinski definition) is 1. The maximum atomic E-state index is 13.6. The van der Waals surface area contributed by atoms with E-state index in [1.165, 1.54) is 6.20 Å². The van der Waals surface area contributed by atoms with Gasteiger partial charge in [-0.2, -0.15) is 11.8 Å². The second kappa shape index (κ2) is 7.63. The predicted molar refractivity (Wildman–Crippen MR) is 68.2 cm³/mol. The van der Waals surface area contributed by atoms with Crippen LogP contribution in [0.4, 0.5) is 4.39 Å². The molecule has 0 aromatic carbocycles. The first-order valence-electron chi connectivity index (χ1n) is 5.70. The van der Waals surface area contributed by atoms with E-state index < -0.39 is 0 Å². The number of nitrogens with zero attached hydrogens (tertiary/aromatic N) is 1. The summed E-state index contributed by atoms with van der Waals surface area (Å²) in [6, 6.07) is 1.85. The minimum absolute atomic E-state index is 0.0906. The van der Waals surface area contributed by atoms with E-state index >= 15 is 0 Å². The Morgan fingerprint density at radius 3 is 2.94 bits per heavy atom. The van der Waals surface area contributed by atoms with E-state index in [2.05, 4.69) is 24.1 Å². The van der Waals surface area contributed by atoms with Crippen LogP contribution in [0.3, 0.4) is 0 Å². The van der Waals surface area contributed by atoms with E-state index in [1.807, 2.05) is 11.8 Å². The summed E-state index contributed by atoms with van der Waals surface area (Å²) in [5.41, 5.74) is 0.726. The van der Waals surface area contributed by atoms with E-state index in [1.54, 1.807) is 12.3 Å². The van der Waals surface area contributed by atoms with Gasteiger partial charge in [0.15, 0.2) is 0 Å². The normalized spacial score (nSPS) is 12.7. The largest absolute Gasteiger partial charge is 0.309 e. The molecule has 0 aliphatic carbocycles. The molecule has 16 heavy (non-hydrogen) atoms. The minimum Gasteiger partial charge on any atom is -0.309 e. The second-order valence-electron chi connectivity index (χ2n) is 3.56. The van der Waals surface area contributed by atoms with Crippen molar-refractivity contribution < 1.29 is 4.39 Å². The third-order valence-electron chi connectivity index (χ3n) is 2.31. The van der Waals surface area contributed by atoms with E-state index in [0.29, 0.717) is 0 Å². The summed E-state index contributed by atoms with van der Waals surface area (Å²) in [5.74, 6) is 1.74. The lowest BCUT2D eigenvalue weighted by Gasteiger charge is -2.18. The first kappa shape index (κ1) is 13.5. The van der Waals surface area contributed by atoms with Crippen molar-refractivity contribution in [1.82, 2.24) is 10.3 Å². The molecule has 0 radical (unpaired) electrons. The molecule has 1 atom stereocenters. The summed E-state index contributed by atoms with van der Waals surface area (Å²) in [6.07, 6.45) is 3.99. The number of aromatic nitrogens is 1. The van der Waals surface area contributed by atoms with Crippen LogP contribution in [-0.4, -0.2) is 23.0 Å². The number of rotatable bonds is 7. The Labute approximate surface area is 101 Å². The molecular weight excluding hydrogens is 223 g/mol. The van der Waals surface area contributed by atoms with Crippen molar-refractivity contribution in [3.05, 3.63) is 29.8 Å². The lowest BCUT2D eigenvalue weighted by molar-refractivity contribution is 0.529. The average Bonchev–Trinajstić information content (AvgIpc) is 2.31. The molecule has 1 N–H and O–H groups in total. The molecule has 1 rings (SSSR count). The predicted octanol–water partition coefficient (Wildman–Crippen LogP) is 3.01. The van der Waals surface area contributed by atoms with E-state index in [0.717, 1.165) is 30.0 Å². The van der Waals surface area contributed by atoms with Crippen LogP contribution in [0.5, 0.6) is 0 Å². The zero-order valence-corrected chi connectivity index (χ0v) is 10.7. The molecular formula is C12H19FN2S. The smallest absolute Gasteiger partial charge is 0.146 e. The Morgan fingerprint density at radius 1 is 1.50 bits per heavy atom. The van der Waals surface area contributed by atoms with Crippen LogP contribution in [0.25, 0.3) is 0 Å². The maximum absolute atomic E-state index is 13.6. The van der Waals surface area contributed by atoms with Gasteiger partial charge in [0, 0.05) is 23.6 Å². The summed E-state index contributed by atoms with van der Waals surface area (Å²) in [4.78, 5) is 3.78. The zero-order valence-electron chi connectivity index (χ0n) is 9.87. The van der Waals surface area contributed by atoms with Crippen molar-refractivity contribution in [2.75, 3.05) is 18.1 Å². The molecule has 1 aromatic rings. The van der Waals surface area contributed by atoms with Crippen LogP contribution in [-0.2, 0) is 0 Å². The van der Waals surface area contributed by atoms with Crippen molar-refractivity contribution in [2.24, 2.45) is 0 Å². The fraction of sp³-hybridized carbons (Fsp3) is 0.583. The molecule has 0 spiro atoms. The fourth-order valence-electron chi connectivity index (χ4n) is 1.48.